The van der Waals surface area contributed by atoms with Crippen LogP contribution in [0.4, 0.5) is 0 Å². The summed E-state index contributed by atoms with van der Waals surface area (Å²) in [4.78, 5) is 12.8. The van der Waals surface area contributed by atoms with Crippen molar-refractivity contribution in [1.82, 2.24) is 20.3 Å². The lowest BCUT2D eigenvalue weighted by Crippen LogP contribution is -2.27. The maximum atomic E-state index is 12.8. The van der Waals surface area contributed by atoms with Crippen molar-refractivity contribution in [3.8, 4) is 17.2 Å². The number of halogens is 1. The van der Waals surface area contributed by atoms with Gasteiger partial charge >= 0.3 is 0 Å². The predicted octanol–water partition coefficient (Wildman–Crippen LogP) is 4.05. The van der Waals surface area contributed by atoms with Crippen molar-refractivity contribution in [2.24, 2.45) is 0 Å². The average Bonchev–Trinajstić information content (AvgIpc) is 3.10. The van der Waals surface area contributed by atoms with Gasteiger partial charge in [-0.15, -0.1) is 5.10 Å². The first-order chi connectivity index (χ1) is 13.8. The first kappa shape index (κ1) is 20.7. The average molecular weight is 415 g/mol. The highest BCUT2D eigenvalue weighted by atomic mass is 35.5. The number of hydrogen-bond donors (Lipinski definition) is 1. The Hall–Kier alpha value is -3.06. The Morgan fingerprint density at radius 1 is 1.10 bits per heavy atom. The molecule has 0 bridgehead atoms. The minimum Gasteiger partial charge on any atom is -0.493 e. The zero-order valence-corrected chi connectivity index (χ0v) is 17.7. The molecule has 3 aromatic rings. The van der Waals surface area contributed by atoms with E-state index in [0.717, 1.165) is 16.8 Å². The molecule has 8 heteroatoms. The number of aromatic nitrogens is 3. The quantitative estimate of drug-likeness (QED) is 0.658. The van der Waals surface area contributed by atoms with Crippen LogP contribution in [0.1, 0.15) is 40.3 Å². The molecule has 0 fully saturated rings. The third-order valence-electron chi connectivity index (χ3n) is 4.76. The number of rotatable bonds is 6. The summed E-state index contributed by atoms with van der Waals surface area (Å²) >= 11 is 6.21. The van der Waals surface area contributed by atoms with Gasteiger partial charge in [0.15, 0.2) is 17.2 Å². The number of ether oxygens (including phenoxy) is 2. The van der Waals surface area contributed by atoms with Gasteiger partial charge in [0.05, 0.1) is 31.6 Å². The van der Waals surface area contributed by atoms with Gasteiger partial charge in [-0.1, -0.05) is 28.9 Å². The van der Waals surface area contributed by atoms with E-state index in [1.54, 1.807) is 38.0 Å². The monoisotopic (exact) mass is 414 g/mol. The van der Waals surface area contributed by atoms with Gasteiger partial charge in [-0.25, -0.2) is 4.68 Å². The van der Waals surface area contributed by atoms with Gasteiger partial charge in [0, 0.05) is 5.02 Å². The van der Waals surface area contributed by atoms with Crippen molar-refractivity contribution in [3.05, 3.63) is 63.9 Å². The summed E-state index contributed by atoms with van der Waals surface area (Å²) in [6, 6.07) is 10.8. The third-order valence-corrected chi connectivity index (χ3v) is 5.17. The normalized spacial score (nSPS) is 11.8. The van der Waals surface area contributed by atoms with Crippen LogP contribution in [0, 0.1) is 13.8 Å². The molecule has 7 nitrogen and oxygen atoms in total. The zero-order valence-electron chi connectivity index (χ0n) is 17.0. The van der Waals surface area contributed by atoms with Gasteiger partial charge in [-0.05, 0) is 56.2 Å². The lowest BCUT2D eigenvalue weighted by molar-refractivity contribution is 0.0934. The van der Waals surface area contributed by atoms with E-state index in [9.17, 15) is 4.79 Å². The van der Waals surface area contributed by atoms with Crippen molar-refractivity contribution in [3.63, 3.8) is 0 Å². The molecule has 1 aromatic heterocycles. The standard InChI is InChI=1S/C21H23ClN4O3/c1-12-6-8-16(11-17(12)22)26-14(3)20(24-25-26)21(27)23-13(2)15-7-9-18(28-4)19(10-15)29-5/h6-11,13H,1-5H3,(H,23,27). The van der Waals surface area contributed by atoms with Crippen LogP contribution in [0.3, 0.4) is 0 Å². The molecule has 0 saturated heterocycles. The SMILES string of the molecule is COc1ccc(C(C)NC(=O)c2nnn(-c3ccc(C)c(Cl)c3)c2C)cc1OC. The number of carbonyl (C=O) groups is 1. The second-order valence-electron chi connectivity index (χ2n) is 6.68. The Labute approximate surface area is 174 Å². The van der Waals surface area contributed by atoms with Crippen LogP contribution in [-0.4, -0.2) is 35.1 Å². The number of methoxy groups -OCH3 is 2. The topological polar surface area (TPSA) is 78.3 Å². The lowest BCUT2D eigenvalue weighted by atomic mass is 10.1. The molecule has 3 rings (SSSR count). The van der Waals surface area contributed by atoms with Crippen LogP contribution in [0.2, 0.25) is 5.02 Å². The minimum atomic E-state index is -0.311. The molecule has 0 spiro atoms. The molecule has 152 valence electrons. The summed E-state index contributed by atoms with van der Waals surface area (Å²) in [5.74, 6) is 0.920. The number of aryl methyl sites for hydroxylation is 1. The number of amides is 1. The van der Waals surface area contributed by atoms with E-state index in [2.05, 4.69) is 15.6 Å². The highest BCUT2D eigenvalue weighted by molar-refractivity contribution is 6.31. The van der Waals surface area contributed by atoms with Crippen LogP contribution in [0.5, 0.6) is 11.5 Å². The minimum absolute atomic E-state index is 0.258. The van der Waals surface area contributed by atoms with E-state index in [1.165, 1.54) is 0 Å². The zero-order chi connectivity index (χ0) is 21.1. The number of nitrogens with zero attached hydrogens (tertiary/aromatic N) is 3. The van der Waals surface area contributed by atoms with Crippen LogP contribution < -0.4 is 14.8 Å². The van der Waals surface area contributed by atoms with Gasteiger partial charge in [0.2, 0.25) is 0 Å². The molecule has 1 amide bonds. The molecule has 2 aromatic carbocycles. The van der Waals surface area contributed by atoms with Crippen molar-refractivity contribution in [2.75, 3.05) is 14.2 Å². The van der Waals surface area contributed by atoms with Crippen LogP contribution in [0.15, 0.2) is 36.4 Å². The van der Waals surface area contributed by atoms with E-state index < -0.39 is 0 Å². The van der Waals surface area contributed by atoms with Crippen LogP contribution >= 0.6 is 11.6 Å². The Morgan fingerprint density at radius 3 is 2.48 bits per heavy atom. The summed E-state index contributed by atoms with van der Waals surface area (Å²) < 4.78 is 12.2. The first-order valence-corrected chi connectivity index (χ1v) is 9.45. The molecule has 1 N–H and O–H groups in total. The maximum Gasteiger partial charge on any atom is 0.274 e. The number of hydrogen-bond acceptors (Lipinski definition) is 5. The lowest BCUT2D eigenvalue weighted by Gasteiger charge is -2.16. The smallest absolute Gasteiger partial charge is 0.274 e. The highest BCUT2D eigenvalue weighted by Gasteiger charge is 2.20. The van der Waals surface area contributed by atoms with Crippen LogP contribution in [-0.2, 0) is 0 Å². The van der Waals surface area contributed by atoms with Crippen molar-refractivity contribution < 1.29 is 14.3 Å². The van der Waals surface area contributed by atoms with E-state index >= 15 is 0 Å². The third kappa shape index (κ3) is 4.19. The van der Waals surface area contributed by atoms with E-state index in [0.29, 0.717) is 22.2 Å². The summed E-state index contributed by atoms with van der Waals surface area (Å²) in [5.41, 5.74) is 3.48. The molecule has 1 heterocycles. The Kier molecular flexibility index (Phi) is 6.08. The molecular weight excluding hydrogens is 392 g/mol. The summed E-state index contributed by atoms with van der Waals surface area (Å²) in [6.07, 6.45) is 0. The fraction of sp³-hybridized carbons (Fsp3) is 0.286. The molecule has 29 heavy (non-hydrogen) atoms. The fourth-order valence-corrected chi connectivity index (χ4v) is 3.14. The molecule has 0 aliphatic heterocycles. The molecule has 0 radical (unpaired) electrons. The van der Waals surface area contributed by atoms with Gasteiger partial charge in [0.25, 0.3) is 5.91 Å². The van der Waals surface area contributed by atoms with Gasteiger partial charge in [0.1, 0.15) is 0 Å². The van der Waals surface area contributed by atoms with E-state index in [1.807, 2.05) is 38.1 Å². The van der Waals surface area contributed by atoms with Crippen molar-refractivity contribution in [1.29, 1.82) is 0 Å². The number of nitrogens with one attached hydrogen (secondary N) is 1. The Morgan fingerprint density at radius 2 is 1.83 bits per heavy atom. The first-order valence-electron chi connectivity index (χ1n) is 9.07. The maximum absolute atomic E-state index is 12.8. The molecule has 0 aliphatic rings. The molecule has 0 saturated carbocycles. The largest absolute Gasteiger partial charge is 0.493 e. The predicted molar refractivity (Wildman–Crippen MR) is 111 cm³/mol. The van der Waals surface area contributed by atoms with E-state index in [4.69, 9.17) is 21.1 Å². The molecule has 1 atom stereocenters. The Balaban J connectivity index is 1.81. The number of carbonyl (C=O) groups excluding carboxylic acids is 1. The molecule has 0 aliphatic carbocycles. The van der Waals surface area contributed by atoms with Gasteiger partial charge < -0.3 is 14.8 Å². The van der Waals surface area contributed by atoms with Crippen molar-refractivity contribution in [2.45, 2.75) is 26.8 Å². The highest BCUT2D eigenvalue weighted by Crippen LogP contribution is 2.30. The summed E-state index contributed by atoms with van der Waals surface area (Å²) in [5, 5.41) is 11.8. The summed E-state index contributed by atoms with van der Waals surface area (Å²) in [6.45, 7) is 5.61. The Bertz CT molecular complexity index is 1050. The van der Waals surface area contributed by atoms with Crippen molar-refractivity contribution >= 4 is 17.5 Å². The second-order valence-corrected chi connectivity index (χ2v) is 7.09. The fourth-order valence-electron chi connectivity index (χ4n) is 2.97. The van der Waals surface area contributed by atoms with Crippen LogP contribution in [0.25, 0.3) is 5.69 Å². The van der Waals surface area contributed by atoms with E-state index in [-0.39, 0.29) is 17.6 Å². The van der Waals surface area contributed by atoms with Gasteiger partial charge in [-0.2, -0.15) is 0 Å². The van der Waals surface area contributed by atoms with Gasteiger partial charge in [-0.3, -0.25) is 4.79 Å². The molecular formula is C21H23ClN4O3. The second kappa shape index (κ2) is 8.53. The molecule has 1 unspecified atom stereocenters. The number of benzene rings is 2. The summed E-state index contributed by atoms with van der Waals surface area (Å²) in [7, 11) is 3.15.